The number of phenols is 3. The molecule has 0 heterocycles. The van der Waals surface area contributed by atoms with E-state index >= 15 is 0 Å². The number of aliphatic imine (C=N–C) groups is 1. The molecule has 0 saturated carbocycles. The van der Waals surface area contributed by atoms with Crippen LogP contribution in [0.4, 0.5) is 5.69 Å². The first-order valence-electron chi connectivity index (χ1n) is 8.36. The van der Waals surface area contributed by atoms with Gasteiger partial charge >= 0.3 is 0 Å². The number of methoxy groups -OCH3 is 1. The normalized spacial score (nSPS) is 11.4. The highest BCUT2D eigenvalue weighted by Gasteiger charge is 2.17. The second-order valence-corrected chi connectivity index (χ2v) is 6.12. The van der Waals surface area contributed by atoms with Gasteiger partial charge in [-0.3, -0.25) is 4.99 Å². The lowest BCUT2D eigenvalue weighted by atomic mass is 9.95. The van der Waals surface area contributed by atoms with Crippen LogP contribution in [0.5, 0.6) is 23.0 Å². The minimum Gasteiger partial charge on any atom is -0.507 e. The van der Waals surface area contributed by atoms with Crippen molar-refractivity contribution in [1.29, 1.82) is 0 Å². The Balaban J connectivity index is 1.99. The van der Waals surface area contributed by atoms with Crippen LogP contribution in [-0.4, -0.2) is 28.6 Å². The molecule has 0 atom stereocenters. The molecule has 0 saturated heterocycles. The van der Waals surface area contributed by atoms with Crippen molar-refractivity contribution in [3.05, 3.63) is 66.2 Å². The van der Waals surface area contributed by atoms with Crippen LogP contribution in [0.3, 0.4) is 0 Å². The Kier molecular flexibility index (Phi) is 4.05. The SMILES string of the molecule is COc1ccc(N=Cc2c3cccc(O)c3c(O)c3c(O)cccc23)cc1. The third kappa shape index (κ3) is 2.79. The summed E-state index contributed by atoms with van der Waals surface area (Å²) in [6, 6.07) is 17.3. The molecule has 27 heavy (non-hydrogen) atoms. The van der Waals surface area contributed by atoms with Gasteiger partial charge in [-0.25, -0.2) is 0 Å². The Morgan fingerprint density at radius 1 is 0.778 bits per heavy atom. The standard InChI is InChI=1S/C22H17NO4/c1-27-14-10-8-13(9-11-14)23-12-17-15-4-2-6-18(24)20(15)22(26)21-16(17)5-3-7-19(21)25/h2-12,24-26H,1H3. The van der Waals surface area contributed by atoms with Crippen molar-refractivity contribution in [2.24, 2.45) is 4.99 Å². The van der Waals surface area contributed by atoms with E-state index in [0.717, 1.165) is 11.4 Å². The molecule has 5 heteroatoms. The summed E-state index contributed by atoms with van der Waals surface area (Å²) in [6.07, 6.45) is 1.67. The van der Waals surface area contributed by atoms with Crippen molar-refractivity contribution < 1.29 is 20.1 Å². The molecular formula is C22H17NO4. The van der Waals surface area contributed by atoms with Crippen LogP contribution in [0.1, 0.15) is 5.56 Å². The van der Waals surface area contributed by atoms with Gasteiger partial charge < -0.3 is 20.1 Å². The number of aromatic hydroxyl groups is 3. The van der Waals surface area contributed by atoms with Crippen molar-refractivity contribution in [3.8, 4) is 23.0 Å². The zero-order valence-corrected chi connectivity index (χ0v) is 14.5. The van der Waals surface area contributed by atoms with E-state index in [9.17, 15) is 15.3 Å². The maximum atomic E-state index is 10.7. The van der Waals surface area contributed by atoms with Gasteiger partial charge in [-0.2, -0.15) is 0 Å². The van der Waals surface area contributed by atoms with Crippen molar-refractivity contribution in [1.82, 2.24) is 0 Å². The molecule has 0 amide bonds. The average molecular weight is 359 g/mol. The van der Waals surface area contributed by atoms with E-state index in [1.54, 1.807) is 37.6 Å². The minimum atomic E-state index is -0.155. The lowest BCUT2D eigenvalue weighted by molar-refractivity contribution is 0.415. The first kappa shape index (κ1) is 16.7. The summed E-state index contributed by atoms with van der Waals surface area (Å²) in [5, 5.41) is 33.0. The molecule has 0 unspecified atom stereocenters. The van der Waals surface area contributed by atoms with E-state index in [0.29, 0.717) is 16.3 Å². The first-order chi connectivity index (χ1) is 13.1. The summed E-state index contributed by atoms with van der Waals surface area (Å²) in [6.45, 7) is 0. The van der Waals surface area contributed by atoms with Crippen LogP contribution < -0.4 is 4.74 Å². The average Bonchev–Trinajstić information content (AvgIpc) is 2.68. The second-order valence-electron chi connectivity index (χ2n) is 6.12. The molecule has 0 aromatic heterocycles. The molecule has 5 nitrogen and oxygen atoms in total. The molecule has 0 fully saturated rings. The molecule has 0 spiro atoms. The Morgan fingerprint density at radius 2 is 1.33 bits per heavy atom. The van der Waals surface area contributed by atoms with E-state index in [4.69, 9.17) is 4.74 Å². The largest absolute Gasteiger partial charge is 0.507 e. The predicted octanol–water partition coefficient (Wildman–Crippen LogP) is 4.87. The van der Waals surface area contributed by atoms with E-state index in [2.05, 4.69) is 4.99 Å². The highest BCUT2D eigenvalue weighted by Crippen LogP contribution is 2.44. The van der Waals surface area contributed by atoms with E-state index < -0.39 is 0 Å². The van der Waals surface area contributed by atoms with Gasteiger partial charge in [-0.1, -0.05) is 24.3 Å². The number of rotatable bonds is 3. The summed E-state index contributed by atoms with van der Waals surface area (Å²) in [4.78, 5) is 4.52. The third-order valence-electron chi connectivity index (χ3n) is 4.55. The molecule has 0 bridgehead atoms. The molecule has 0 aliphatic rings. The van der Waals surface area contributed by atoms with Gasteiger partial charge in [0.05, 0.1) is 23.6 Å². The maximum Gasteiger partial charge on any atom is 0.138 e. The van der Waals surface area contributed by atoms with Gasteiger partial charge in [0, 0.05) is 11.8 Å². The quantitative estimate of drug-likeness (QED) is 0.360. The third-order valence-corrected chi connectivity index (χ3v) is 4.55. The van der Waals surface area contributed by atoms with Crippen LogP contribution in [0.2, 0.25) is 0 Å². The topological polar surface area (TPSA) is 82.3 Å². The monoisotopic (exact) mass is 359 g/mol. The summed E-state index contributed by atoms with van der Waals surface area (Å²) in [5.41, 5.74) is 1.42. The van der Waals surface area contributed by atoms with E-state index in [1.807, 2.05) is 24.3 Å². The number of phenolic OH excluding ortho intramolecular Hbond substituents is 3. The van der Waals surface area contributed by atoms with Crippen molar-refractivity contribution >= 4 is 33.4 Å². The molecule has 4 rings (SSSR count). The number of hydrogen-bond donors (Lipinski definition) is 3. The van der Waals surface area contributed by atoms with Crippen LogP contribution in [-0.2, 0) is 0 Å². The fraction of sp³-hybridized carbons (Fsp3) is 0.0455. The van der Waals surface area contributed by atoms with Gasteiger partial charge in [-0.15, -0.1) is 0 Å². The fourth-order valence-electron chi connectivity index (χ4n) is 3.24. The zero-order chi connectivity index (χ0) is 19.0. The van der Waals surface area contributed by atoms with Gasteiger partial charge in [0.25, 0.3) is 0 Å². The summed E-state index contributed by atoms with van der Waals surface area (Å²) in [7, 11) is 1.60. The fourth-order valence-corrected chi connectivity index (χ4v) is 3.24. The van der Waals surface area contributed by atoms with Crippen LogP contribution in [0.15, 0.2) is 65.7 Å². The Morgan fingerprint density at radius 3 is 1.85 bits per heavy atom. The molecule has 0 radical (unpaired) electrons. The predicted molar refractivity (Wildman–Crippen MR) is 107 cm³/mol. The van der Waals surface area contributed by atoms with Gasteiger partial charge in [-0.05, 0) is 47.2 Å². The summed E-state index contributed by atoms with van der Waals surface area (Å²) < 4.78 is 5.15. The van der Waals surface area contributed by atoms with Crippen molar-refractivity contribution in [2.45, 2.75) is 0 Å². The zero-order valence-electron chi connectivity index (χ0n) is 14.5. The molecule has 134 valence electrons. The summed E-state index contributed by atoms with van der Waals surface area (Å²) in [5.74, 6) is 0.464. The molecule has 0 aliphatic carbocycles. The van der Waals surface area contributed by atoms with Crippen LogP contribution >= 0.6 is 0 Å². The van der Waals surface area contributed by atoms with Crippen LogP contribution in [0.25, 0.3) is 21.5 Å². The highest BCUT2D eigenvalue weighted by molar-refractivity contribution is 6.19. The number of ether oxygens (including phenoxy) is 1. The lowest BCUT2D eigenvalue weighted by Gasteiger charge is -2.13. The number of benzene rings is 4. The second kappa shape index (κ2) is 6.53. The lowest BCUT2D eigenvalue weighted by Crippen LogP contribution is -1.90. The smallest absolute Gasteiger partial charge is 0.138 e. The highest BCUT2D eigenvalue weighted by atomic mass is 16.5. The van der Waals surface area contributed by atoms with Gasteiger partial charge in [0.15, 0.2) is 0 Å². The minimum absolute atomic E-state index is 0.0609. The number of nitrogens with zero attached hydrogens (tertiary/aromatic N) is 1. The molecule has 0 aliphatic heterocycles. The Hall–Kier alpha value is -3.73. The van der Waals surface area contributed by atoms with E-state index in [1.165, 1.54) is 12.1 Å². The molecule has 4 aromatic carbocycles. The van der Waals surface area contributed by atoms with Crippen molar-refractivity contribution in [3.63, 3.8) is 0 Å². The number of fused-ring (bicyclic) bond motifs is 2. The van der Waals surface area contributed by atoms with E-state index in [-0.39, 0.29) is 28.0 Å². The van der Waals surface area contributed by atoms with Gasteiger partial charge in [0.1, 0.15) is 23.0 Å². The molecular weight excluding hydrogens is 342 g/mol. The van der Waals surface area contributed by atoms with Crippen LogP contribution in [0, 0.1) is 0 Å². The maximum absolute atomic E-state index is 10.7. The Labute approximate surface area is 155 Å². The summed E-state index contributed by atoms with van der Waals surface area (Å²) >= 11 is 0. The first-order valence-corrected chi connectivity index (χ1v) is 8.36. The number of hydrogen-bond acceptors (Lipinski definition) is 5. The van der Waals surface area contributed by atoms with Gasteiger partial charge in [0.2, 0.25) is 0 Å². The Bertz CT molecular complexity index is 1120. The van der Waals surface area contributed by atoms with Crippen molar-refractivity contribution in [2.75, 3.05) is 7.11 Å². The molecule has 3 N–H and O–H groups in total. The molecule has 4 aromatic rings.